The first-order valence-electron chi connectivity index (χ1n) is 6.94. The normalized spacial score (nSPS) is 26.8. The molecule has 1 fully saturated rings. The molecule has 2 N–H and O–H groups in total. The maximum Gasteiger partial charge on any atom is 0.320 e. The zero-order chi connectivity index (χ0) is 14.5. The molecule has 0 aromatic heterocycles. The summed E-state index contributed by atoms with van der Waals surface area (Å²) in [4.78, 5) is 12.1. The Balaban J connectivity index is 1.97. The second-order valence-corrected chi connectivity index (χ2v) is 6.21. The molecule has 4 nitrogen and oxygen atoms in total. The van der Waals surface area contributed by atoms with Crippen LogP contribution in [0.1, 0.15) is 20.3 Å². The summed E-state index contributed by atoms with van der Waals surface area (Å²) in [5.41, 5.74) is 0. The summed E-state index contributed by atoms with van der Waals surface area (Å²) in [7, 11) is 0. The van der Waals surface area contributed by atoms with Crippen LogP contribution in [-0.4, -0.2) is 41.1 Å². The van der Waals surface area contributed by atoms with Gasteiger partial charge in [-0.1, -0.05) is 18.2 Å². The molecule has 2 rings (SSSR count). The molecule has 0 amide bonds. The van der Waals surface area contributed by atoms with E-state index < -0.39 is 12.0 Å². The first-order chi connectivity index (χ1) is 9.61. The van der Waals surface area contributed by atoms with Gasteiger partial charge >= 0.3 is 5.97 Å². The Hall–Kier alpha value is -1.04. The molecule has 0 heterocycles. The van der Waals surface area contributed by atoms with Gasteiger partial charge in [0.2, 0.25) is 0 Å². The van der Waals surface area contributed by atoms with Crippen LogP contribution in [-0.2, 0) is 9.53 Å². The van der Waals surface area contributed by atoms with Gasteiger partial charge in [0.05, 0.1) is 11.4 Å². The minimum absolute atomic E-state index is 0.183. The largest absolute Gasteiger partial charge is 0.480 e. The molecule has 1 aliphatic rings. The lowest BCUT2D eigenvalue weighted by atomic mass is 9.87. The van der Waals surface area contributed by atoms with E-state index in [-0.39, 0.29) is 17.4 Å². The van der Waals surface area contributed by atoms with Crippen molar-refractivity contribution in [3.05, 3.63) is 30.3 Å². The fraction of sp³-hybridized carbons (Fsp3) is 0.533. The molecule has 20 heavy (non-hydrogen) atoms. The van der Waals surface area contributed by atoms with Crippen molar-refractivity contribution in [2.45, 2.75) is 48.6 Å². The second-order valence-electron chi connectivity index (χ2n) is 4.96. The lowest BCUT2D eigenvalue weighted by Crippen LogP contribution is -2.60. The zero-order valence-corrected chi connectivity index (χ0v) is 12.6. The fourth-order valence-electron chi connectivity index (χ4n) is 2.33. The predicted molar refractivity (Wildman–Crippen MR) is 80.1 cm³/mol. The van der Waals surface area contributed by atoms with E-state index in [4.69, 9.17) is 9.84 Å². The maximum atomic E-state index is 10.9. The van der Waals surface area contributed by atoms with Gasteiger partial charge in [0, 0.05) is 17.5 Å². The predicted octanol–water partition coefficient (Wildman–Crippen LogP) is 2.39. The molecule has 1 aliphatic carbocycles. The summed E-state index contributed by atoms with van der Waals surface area (Å²) in [6.45, 7) is 4.36. The fourth-order valence-corrected chi connectivity index (χ4v) is 3.65. The van der Waals surface area contributed by atoms with Crippen molar-refractivity contribution in [3.63, 3.8) is 0 Å². The Kier molecular flexibility index (Phi) is 5.46. The minimum atomic E-state index is -0.812. The number of carbonyl (C=O) groups is 1. The van der Waals surface area contributed by atoms with E-state index >= 15 is 0 Å². The van der Waals surface area contributed by atoms with Crippen LogP contribution < -0.4 is 5.32 Å². The van der Waals surface area contributed by atoms with E-state index in [1.807, 2.05) is 25.1 Å². The third-order valence-corrected chi connectivity index (χ3v) is 4.93. The topological polar surface area (TPSA) is 58.6 Å². The number of carboxylic acid groups (broad SMARTS) is 1. The summed E-state index contributed by atoms with van der Waals surface area (Å²) >= 11 is 1.76. The average molecular weight is 295 g/mol. The monoisotopic (exact) mass is 295 g/mol. The number of benzene rings is 1. The summed E-state index contributed by atoms with van der Waals surface area (Å²) in [5, 5.41) is 12.4. The van der Waals surface area contributed by atoms with Gasteiger partial charge in [-0.2, -0.15) is 0 Å². The number of thioether (sulfide) groups is 1. The Morgan fingerprint density at radius 1 is 1.50 bits per heavy atom. The number of hydrogen-bond acceptors (Lipinski definition) is 4. The number of rotatable bonds is 7. The summed E-state index contributed by atoms with van der Waals surface area (Å²) in [5.74, 6) is -0.812. The van der Waals surface area contributed by atoms with Gasteiger partial charge in [-0.05, 0) is 32.4 Å². The second kappa shape index (κ2) is 7.11. The molecule has 0 spiro atoms. The molecule has 110 valence electrons. The van der Waals surface area contributed by atoms with Gasteiger partial charge in [-0.15, -0.1) is 11.8 Å². The Morgan fingerprint density at radius 3 is 2.80 bits per heavy atom. The van der Waals surface area contributed by atoms with Crippen LogP contribution in [0.5, 0.6) is 0 Å². The van der Waals surface area contributed by atoms with Crippen LogP contribution in [0.15, 0.2) is 35.2 Å². The highest BCUT2D eigenvalue weighted by Crippen LogP contribution is 2.39. The van der Waals surface area contributed by atoms with Crippen molar-refractivity contribution in [1.82, 2.24) is 5.32 Å². The van der Waals surface area contributed by atoms with Crippen LogP contribution >= 0.6 is 11.8 Å². The quantitative estimate of drug-likeness (QED) is 0.809. The average Bonchev–Trinajstić information content (AvgIpc) is 2.44. The van der Waals surface area contributed by atoms with Crippen molar-refractivity contribution in [3.8, 4) is 0 Å². The lowest BCUT2D eigenvalue weighted by molar-refractivity contribution is -0.139. The molecule has 0 bridgehead atoms. The third-order valence-electron chi connectivity index (χ3n) is 3.48. The molecule has 5 heteroatoms. The molecule has 1 aromatic carbocycles. The van der Waals surface area contributed by atoms with Gasteiger partial charge in [-0.25, -0.2) is 0 Å². The minimum Gasteiger partial charge on any atom is -0.480 e. The third kappa shape index (κ3) is 3.75. The smallest absolute Gasteiger partial charge is 0.320 e. The highest BCUT2D eigenvalue weighted by molar-refractivity contribution is 8.00. The molecule has 0 saturated heterocycles. The van der Waals surface area contributed by atoms with E-state index in [1.54, 1.807) is 18.7 Å². The first-order valence-corrected chi connectivity index (χ1v) is 7.82. The van der Waals surface area contributed by atoms with Gasteiger partial charge in [-0.3, -0.25) is 4.79 Å². The number of carboxylic acids is 1. The molecule has 4 atom stereocenters. The van der Waals surface area contributed by atoms with Crippen LogP contribution in [0.2, 0.25) is 0 Å². The molecular weight excluding hydrogens is 274 g/mol. The van der Waals surface area contributed by atoms with E-state index in [2.05, 4.69) is 17.4 Å². The lowest BCUT2D eigenvalue weighted by Gasteiger charge is -2.45. The zero-order valence-electron chi connectivity index (χ0n) is 11.8. The van der Waals surface area contributed by atoms with Crippen molar-refractivity contribution >= 4 is 17.7 Å². The summed E-state index contributed by atoms with van der Waals surface area (Å²) < 4.78 is 5.73. The van der Waals surface area contributed by atoms with Crippen molar-refractivity contribution in [2.24, 2.45) is 0 Å². The first kappa shape index (κ1) is 15.4. The SMILES string of the molecule is CCO[C@@H]1CC(N[C@@H](C)C(=O)O)[C@H]1Sc1ccccc1. The van der Waals surface area contributed by atoms with Gasteiger partial charge in [0.15, 0.2) is 0 Å². The molecule has 1 aromatic rings. The molecular formula is C15H21NO3S. The van der Waals surface area contributed by atoms with Crippen LogP contribution in [0, 0.1) is 0 Å². The Bertz CT molecular complexity index is 440. The molecule has 1 saturated carbocycles. The number of aliphatic carboxylic acids is 1. The van der Waals surface area contributed by atoms with Gasteiger partial charge < -0.3 is 15.2 Å². The summed E-state index contributed by atoms with van der Waals surface area (Å²) in [6.07, 6.45) is 1.07. The van der Waals surface area contributed by atoms with Gasteiger partial charge in [0.25, 0.3) is 0 Å². The van der Waals surface area contributed by atoms with Crippen LogP contribution in [0.25, 0.3) is 0 Å². The van der Waals surface area contributed by atoms with E-state index in [9.17, 15) is 4.79 Å². The van der Waals surface area contributed by atoms with Crippen molar-refractivity contribution in [2.75, 3.05) is 6.61 Å². The maximum absolute atomic E-state index is 10.9. The Morgan fingerprint density at radius 2 is 2.20 bits per heavy atom. The van der Waals surface area contributed by atoms with Crippen molar-refractivity contribution in [1.29, 1.82) is 0 Å². The number of nitrogens with one attached hydrogen (secondary N) is 1. The highest BCUT2D eigenvalue weighted by atomic mass is 32.2. The van der Waals surface area contributed by atoms with Gasteiger partial charge in [0.1, 0.15) is 6.04 Å². The summed E-state index contributed by atoms with van der Waals surface area (Å²) in [6, 6.07) is 9.82. The molecule has 0 aliphatic heterocycles. The van der Waals surface area contributed by atoms with Crippen LogP contribution in [0.4, 0.5) is 0 Å². The number of ether oxygens (including phenoxy) is 1. The standard InChI is InChI=1S/C15H21NO3S/c1-3-19-13-9-12(16-10(2)15(17)18)14(13)20-11-7-5-4-6-8-11/h4-8,10,12-14,16H,3,9H2,1-2H3,(H,17,18)/t10-,12?,13+,14+/m0/s1. The van der Waals surface area contributed by atoms with Crippen molar-refractivity contribution < 1.29 is 14.6 Å². The van der Waals surface area contributed by atoms with E-state index in [0.717, 1.165) is 6.42 Å². The molecule has 0 radical (unpaired) electrons. The van der Waals surface area contributed by atoms with E-state index in [1.165, 1.54) is 4.90 Å². The molecule has 1 unspecified atom stereocenters. The Labute approximate surface area is 123 Å². The number of hydrogen-bond donors (Lipinski definition) is 2. The van der Waals surface area contributed by atoms with Crippen LogP contribution in [0.3, 0.4) is 0 Å². The highest BCUT2D eigenvalue weighted by Gasteiger charge is 2.43. The van der Waals surface area contributed by atoms with E-state index in [0.29, 0.717) is 6.61 Å².